The highest BCUT2D eigenvalue weighted by Crippen LogP contribution is 2.43. The molecule has 1 saturated carbocycles. The summed E-state index contributed by atoms with van der Waals surface area (Å²) in [6, 6.07) is 8.08. The van der Waals surface area contributed by atoms with Crippen molar-refractivity contribution in [1.29, 1.82) is 0 Å². The highest BCUT2D eigenvalue weighted by atomic mass is 16.5. The summed E-state index contributed by atoms with van der Waals surface area (Å²) in [5.41, 5.74) is 1.96. The van der Waals surface area contributed by atoms with Crippen LogP contribution in [0.4, 0.5) is 5.69 Å². The van der Waals surface area contributed by atoms with Gasteiger partial charge in [-0.3, -0.25) is 4.79 Å². The summed E-state index contributed by atoms with van der Waals surface area (Å²) in [5, 5.41) is 3.51. The fourth-order valence-electron chi connectivity index (χ4n) is 2.53. The topological polar surface area (TPSA) is 38.3 Å². The quantitative estimate of drug-likeness (QED) is 0.831. The number of benzene rings is 1. The van der Waals surface area contributed by atoms with E-state index in [1.165, 1.54) is 0 Å². The number of hydrogen-bond acceptors (Lipinski definition) is 3. The van der Waals surface area contributed by atoms with Gasteiger partial charge in [-0.2, -0.15) is 0 Å². The van der Waals surface area contributed by atoms with Crippen LogP contribution in [0, 0.1) is 5.41 Å². The van der Waals surface area contributed by atoms with E-state index < -0.39 is 0 Å². The van der Waals surface area contributed by atoms with E-state index in [1.807, 2.05) is 24.3 Å². The average molecular weight is 247 g/mol. The van der Waals surface area contributed by atoms with Gasteiger partial charge < -0.3 is 10.1 Å². The summed E-state index contributed by atoms with van der Waals surface area (Å²) in [6.45, 7) is 6.01. The second kappa shape index (κ2) is 4.73. The summed E-state index contributed by atoms with van der Waals surface area (Å²) in [4.78, 5) is 11.2. The SMILES string of the molecule is COC1CC(Nc2ccc(C(C)=O)cc2)C1(C)C. The number of rotatable bonds is 4. The molecule has 18 heavy (non-hydrogen) atoms. The van der Waals surface area contributed by atoms with Gasteiger partial charge in [0, 0.05) is 29.8 Å². The van der Waals surface area contributed by atoms with Crippen molar-refractivity contribution < 1.29 is 9.53 Å². The Hall–Kier alpha value is -1.35. The highest BCUT2D eigenvalue weighted by molar-refractivity contribution is 5.94. The van der Waals surface area contributed by atoms with Crippen molar-refractivity contribution in [2.75, 3.05) is 12.4 Å². The summed E-state index contributed by atoms with van der Waals surface area (Å²) in [6.07, 6.45) is 1.35. The Morgan fingerprint density at radius 3 is 2.39 bits per heavy atom. The zero-order chi connectivity index (χ0) is 13.3. The van der Waals surface area contributed by atoms with Crippen LogP contribution in [0.2, 0.25) is 0 Å². The third-order valence-corrected chi connectivity index (χ3v) is 4.09. The molecule has 0 radical (unpaired) electrons. The molecule has 0 aliphatic heterocycles. The molecule has 0 aromatic heterocycles. The molecule has 3 heteroatoms. The number of ketones is 1. The van der Waals surface area contributed by atoms with Crippen LogP contribution in [-0.2, 0) is 4.74 Å². The standard InChI is InChI=1S/C15H21NO2/c1-10(17)11-5-7-12(8-6-11)16-13-9-14(18-4)15(13,2)3/h5-8,13-14,16H,9H2,1-4H3. The highest BCUT2D eigenvalue weighted by Gasteiger charge is 2.48. The van der Waals surface area contributed by atoms with Crippen molar-refractivity contribution >= 4 is 11.5 Å². The number of carbonyl (C=O) groups is 1. The predicted octanol–water partition coefficient (Wildman–Crippen LogP) is 3.11. The molecule has 0 spiro atoms. The van der Waals surface area contributed by atoms with Crippen LogP contribution in [0.15, 0.2) is 24.3 Å². The molecule has 2 atom stereocenters. The zero-order valence-electron chi connectivity index (χ0n) is 11.5. The van der Waals surface area contributed by atoms with Crippen LogP contribution in [0.1, 0.15) is 37.6 Å². The van der Waals surface area contributed by atoms with Gasteiger partial charge in [0.05, 0.1) is 6.10 Å². The average Bonchev–Trinajstić information content (AvgIpc) is 2.34. The van der Waals surface area contributed by atoms with Gasteiger partial charge in [0.1, 0.15) is 0 Å². The van der Waals surface area contributed by atoms with E-state index in [9.17, 15) is 4.79 Å². The smallest absolute Gasteiger partial charge is 0.159 e. The molecule has 0 saturated heterocycles. The van der Waals surface area contributed by atoms with Gasteiger partial charge in [0.2, 0.25) is 0 Å². The molecule has 1 N–H and O–H groups in total. The number of methoxy groups -OCH3 is 1. The first-order chi connectivity index (χ1) is 8.45. The summed E-state index contributed by atoms with van der Waals surface area (Å²) in [5.74, 6) is 0.102. The molecule has 3 nitrogen and oxygen atoms in total. The number of hydrogen-bond donors (Lipinski definition) is 1. The van der Waals surface area contributed by atoms with Gasteiger partial charge in [-0.05, 0) is 37.6 Å². The summed E-state index contributed by atoms with van der Waals surface area (Å²) >= 11 is 0. The molecule has 1 aromatic carbocycles. The van der Waals surface area contributed by atoms with Gasteiger partial charge in [-0.1, -0.05) is 13.8 Å². The molecule has 1 aliphatic carbocycles. The van der Waals surface area contributed by atoms with Gasteiger partial charge in [0.25, 0.3) is 0 Å². The van der Waals surface area contributed by atoms with E-state index in [4.69, 9.17) is 4.74 Å². The molecular weight excluding hydrogens is 226 g/mol. The first-order valence-corrected chi connectivity index (χ1v) is 6.35. The monoisotopic (exact) mass is 247 g/mol. The Bertz CT molecular complexity index is 436. The Labute approximate surface area is 109 Å². The number of Topliss-reactive ketones (excluding diaryl/α,β-unsaturated/α-hetero) is 1. The fraction of sp³-hybridized carbons (Fsp3) is 0.533. The molecule has 1 fully saturated rings. The molecule has 0 heterocycles. The normalized spacial score (nSPS) is 25.3. The lowest BCUT2D eigenvalue weighted by atomic mass is 9.64. The number of anilines is 1. The van der Waals surface area contributed by atoms with Crippen molar-refractivity contribution in [3.05, 3.63) is 29.8 Å². The maximum atomic E-state index is 11.2. The van der Waals surface area contributed by atoms with Gasteiger partial charge in [0.15, 0.2) is 5.78 Å². The Morgan fingerprint density at radius 1 is 1.33 bits per heavy atom. The Balaban J connectivity index is 2.01. The van der Waals surface area contributed by atoms with Crippen LogP contribution in [0.3, 0.4) is 0 Å². The molecule has 1 aromatic rings. The van der Waals surface area contributed by atoms with E-state index >= 15 is 0 Å². The lowest BCUT2D eigenvalue weighted by molar-refractivity contribution is -0.0794. The molecule has 1 aliphatic rings. The third-order valence-electron chi connectivity index (χ3n) is 4.09. The largest absolute Gasteiger partial charge is 0.382 e. The lowest BCUT2D eigenvalue weighted by Crippen LogP contribution is -2.57. The Morgan fingerprint density at radius 2 is 1.94 bits per heavy atom. The van der Waals surface area contributed by atoms with Crippen LogP contribution in [0.5, 0.6) is 0 Å². The van der Waals surface area contributed by atoms with Crippen molar-refractivity contribution in [2.24, 2.45) is 5.41 Å². The van der Waals surface area contributed by atoms with Crippen LogP contribution in [0.25, 0.3) is 0 Å². The van der Waals surface area contributed by atoms with E-state index in [0.717, 1.165) is 17.7 Å². The molecular formula is C15H21NO2. The summed E-state index contributed by atoms with van der Waals surface area (Å²) < 4.78 is 5.44. The van der Waals surface area contributed by atoms with E-state index in [1.54, 1.807) is 14.0 Å². The molecule has 2 unspecified atom stereocenters. The number of nitrogens with one attached hydrogen (secondary N) is 1. The van der Waals surface area contributed by atoms with E-state index in [2.05, 4.69) is 19.2 Å². The maximum absolute atomic E-state index is 11.2. The van der Waals surface area contributed by atoms with Gasteiger partial charge >= 0.3 is 0 Å². The van der Waals surface area contributed by atoms with Crippen molar-refractivity contribution in [3.8, 4) is 0 Å². The molecule has 98 valence electrons. The van der Waals surface area contributed by atoms with Crippen molar-refractivity contribution in [1.82, 2.24) is 0 Å². The maximum Gasteiger partial charge on any atom is 0.159 e. The van der Waals surface area contributed by atoms with E-state index in [-0.39, 0.29) is 11.2 Å². The molecule has 0 bridgehead atoms. The minimum Gasteiger partial charge on any atom is -0.382 e. The molecule has 2 rings (SSSR count). The van der Waals surface area contributed by atoms with Gasteiger partial charge in [-0.25, -0.2) is 0 Å². The first kappa shape index (κ1) is 13.1. The Kier molecular flexibility index (Phi) is 3.44. The fourth-order valence-corrected chi connectivity index (χ4v) is 2.53. The second-order valence-electron chi connectivity index (χ2n) is 5.61. The third kappa shape index (κ3) is 2.27. The predicted molar refractivity (Wildman–Crippen MR) is 73.1 cm³/mol. The summed E-state index contributed by atoms with van der Waals surface area (Å²) in [7, 11) is 1.77. The van der Waals surface area contributed by atoms with E-state index in [0.29, 0.717) is 12.1 Å². The van der Waals surface area contributed by atoms with Crippen LogP contribution >= 0.6 is 0 Å². The van der Waals surface area contributed by atoms with Gasteiger partial charge in [-0.15, -0.1) is 0 Å². The minimum atomic E-state index is 0.102. The molecule has 0 amide bonds. The van der Waals surface area contributed by atoms with Crippen LogP contribution in [-0.4, -0.2) is 25.0 Å². The number of carbonyl (C=O) groups excluding carboxylic acids is 1. The van der Waals surface area contributed by atoms with Crippen molar-refractivity contribution in [3.63, 3.8) is 0 Å². The van der Waals surface area contributed by atoms with Crippen LogP contribution < -0.4 is 5.32 Å². The lowest BCUT2D eigenvalue weighted by Gasteiger charge is -2.51. The second-order valence-corrected chi connectivity index (χ2v) is 5.61. The minimum absolute atomic E-state index is 0.102. The number of ether oxygens (including phenoxy) is 1. The zero-order valence-corrected chi connectivity index (χ0v) is 11.5. The first-order valence-electron chi connectivity index (χ1n) is 6.35. The van der Waals surface area contributed by atoms with Crippen molar-refractivity contribution in [2.45, 2.75) is 39.3 Å².